The van der Waals surface area contributed by atoms with Crippen LogP contribution in [-0.2, 0) is 18.4 Å². The molecule has 0 N–H and O–H groups in total. The SMILES string of the molecule is CC=C1C(=CC)C2(CCN(C3CCCC3C)C2)C(=O)N1Cc1ccc(-c2cnn(C)c2)cc1F. The molecule has 6 heteroatoms. The molecule has 3 aliphatic rings. The lowest BCUT2D eigenvalue weighted by Crippen LogP contribution is -2.41. The van der Waals surface area contributed by atoms with Crippen LogP contribution in [0.3, 0.4) is 0 Å². The van der Waals surface area contributed by atoms with Crippen molar-refractivity contribution in [2.45, 2.75) is 59.0 Å². The third-order valence-corrected chi connectivity index (χ3v) is 8.30. The number of carbonyl (C=O) groups is 1. The van der Waals surface area contributed by atoms with Crippen molar-refractivity contribution in [2.75, 3.05) is 13.1 Å². The lowest BCUT2D eigenvalue weighted by Gasteiger charge is -2.30. The predicted octanol–water partition coefficient (Wildman–Crippen LogP) is 5.30. The van der Waals surface area contributed by atoms with Crippen molar-refractivity contribution in [1.29, 1.82) is 0 Å². The van der Waals surface area contributed by atoms with Gasteiger partial charge in [0.1, 0.15) is 5.82 Å². The van der Waals surface area contributed by atoms with Gasteiger partial charge in [0.2, 0.25) is 5.91 Å². The summed E-state index contributed by atoms with van der Waals surface area (Å²) in [5, 5.41) is 4.18. The average Bonchev–Trinajstić information content (AvgIpc) is 3.59. The summed E-state index contributed by atoms with van der Waals surface area (Å²) in [4.78, 5) is 18.4. The molecular formula is C28H35FN4O. The Hall–Kier alpha value is -2.73. The van der Waals surface area contributed by atoms with E-state index >= 15 is 4.39 Å². The first-order chi connectivity index (χ1) is 16.4. The lowest BCUT2D eigenvalue weighted by atomic mass is 9.80. The van der Waals surface area contributed by atoms with Gasteiger partial charge >= 0.3 is 0 Å². The van der Waals surface area contributed by atoms with Crippen molar-refractivity contribution in [3.8, 4) is 11.1 Å². The molecule has 2 aromatic rings. The van der Waals surface area contributed by atoms with E-state index < -0.39 is 5.41 Å². The first-order valence-electron chi connectivity index (χ1n) is 12.5. The van der Waals surface area contributed by atoms with Gasteiger partial charge in [-0.05, 0) is 62.8 Å². The molecule has 3 fully saturated rings. The van der Waals surface area contributed by atoms with Crippen molar-refractivity contribution < 1.29 is 9.18 Å². The normalized spacial score (nSPS) is 30.0. The topological polar surface area (TPSA) is 41.4 Å². The zero-order valence-corrected chi connectivity index (χ0v) is 20.7. The summed E-state index contributed by atoms with van der Waals surface area (Å²) in [6, 6.07) is 5.84. The van der Waals surface area contributed by atoms with Crippen LogP contribution >= 0.6 is 0 Å². The molecule has 180 valence electrons. The highest BCUT2D eigenvalue weighted by Crippen LogP contribution is 2.51. The molecule has 1 aromatic heterocycles. The summed E-state index contributed by atoms with van der Waals surface area (Å²) in [7, 11) is 1.85. The molecule has 1 saturated carbocycles. The number of rotatable bonds is 4. The molecule has 1 aromatic carbocycles. The van der Waals surface area contributed by atoms with Crippen molar-refractivity contribution in [2.24, 2.45) is 18.4 Å². The minimum absolute atomic E-state index is 0.123. The van der Waals surface area contributed by atoms with Gasteiger partial charge in [-0.15, -0.1) is 0 Å². The maximum absolute atomic E-state index is 15.2. The van der Waals surface area contributed by atoms with E-state index in [2.05, 4.69) is 23.0 Å². The number of hydrogen-bond donors (Lipinski definition) is 0. The largest absolute Gasteiger partial charge is 0.307 e. The van der Waals surface area contributed by atoms with Crippen molar-refractivity contribution in [3.05, 3.63) is 65.4 Å². The number of hydrogen-bond acceptors (Lipinski definition) is 3. The van der Waals surface area contributed by atoms with Gasteiger partial charge < -0.3 is 4.90 Å². The summed E-state index contributed by atoms with van der Waals surface area (Å²) < 4.78 is 16.9. The van der Waals surface area contributed by atoms with Crippen LogP contribution in [0.15, 0.2) is 54.0 Å². The smallest absolute Gasteiger partial charge is 0.239 e. The fourth-order valence-electron chi connectivity index (χ4n) is 6.55. The van der Waals surface area contributed by atoms with Gasteiger partial charge in [-0.3, -0.25) is 14.4 Å². The monoisotopic (exact) mass is 462 g/mol. The number of amides is 1. The Morgan fingerprint density at radius 1 is 1.21 bits per heavy atom. The standard InChI is InChI=1S/C28H35FN4O/c1-5-23-25(6-2)33(17-21-11-10-20(14-24(21)29)22-15-30-31(4)16-22)27(34)28(23)12-13-32(18-28)26-9-7-8-19(26)3/h5-6,10-11,14-16,19,26H,7-9,12-13,17-18H2,1-4H3. The van der Waals surface area contributed by atoms with E-state index in [0.717, 1.165) is 41.9 Å². The van der Waals surface area contributed by atoms with Crippen LogP contribution in [0.25, 0.3) is 11.1 Å². The molecule has 2 aliphatic heterocycles. The number of likely N-dealkylation sites (tertiary alicyclic amines) is 2. The third-order valence-electron chi connectivity index (χ3n) is 8.30. The maximum atomic E-state index is 15.2. The molecule has 3 atom stereocenters. The first kappa shape index (κ1) is 23.0. The predicted molar refractivity (Wildman–Crippen MR) is 132 cm³/mol. The second-order valence-corrected chi connectivity index (χ2v) is 10.3. The molecule has 34 heavy (non-hydrogen) atoms. The van der Waals surface area contributed by atoms with E-state index in [9.17, 15) is 4.79 Å². The van der Waals surface area contributed by atoms with Gasteiger partial charge in [0.05, 0.1) is 18.2 Å². The van der Waals surface area contributed by atoms with Gasteiger partial charge in [0.25, 0.3) is 0 Å². The zero-order valence-electron chi connectivity index (χ0n) is 20.7. The van der Waals surface area contributed by atoms with E-state index in [1.54, 1.807) is 23.0 Å². The Bertz CT molecular complexity index is 1160. The van der Waals surface area contributed by atoms with Crippen molar-refractivity contribution >= 4 is 5.91 Å². The molecule has 3 unspecified atom stereocenters. The van der Waals surface area contributed by atoms with Crippen molar-refractivity contribution in [1.82, 2.24) is 19.6 Å². The number of aryl methyl sites for hydroxylation is 1. The Labute approximate surface area is 201 Å². The molecular weight excluding hydrogens is 427 g/mol. The molecule has 5 rings (SSSR count). The van der Waals surface area contributed by atoms with E-state index in [-0.39, 0.29) is 18.3 Å². The highest BCUT2D eigenvalue weighted by molar-refractivity contribution is 5.94. The van der Waals surface area contributed by atoms with Crippen LogP contribution in [0.2, 0.25) is 0 Å². The number of halogens is 1. The summed E-state index contributed by atoms with van der Waals surface area (Å²) in [6.45, 7) is 8.33. The molecule has 1 spiro atoms. The van der Waals surface area contributed by atoms with E-state index in [4.69, 9.17) is 0 Å². The minimum atomic E-state index is -0.509. The quantitative estimate of drug-likeness (QED) is 0.619. The average molecular weight is 463 g/mol. The molecule has 2 saturated heterocycles. The van der Waals surface area contributed by atoms with Crippen LogP contribution in [0.1, 0.15) is 52.0 Å². The Morgan fingerprint density at radius 3 is 2.65 bits per heavy atom. The van der Waals surface area contributed by atoms with E-state index in [1.165, 1.54) is 19.3 Å². The highest BCUT2D eigenvalue weighted by Gasteiger charge is 2.57. The van der Waals surface area contributed by atoms with Crippen LogP contribution in [0, 0.1) is 17.2 Å². The Kier molecular flexibility index (Phi) is 5.96. The van der Waals surface area contributed by atoms with E-state index in [0.29, 0.717) is 17.5 Å². The summed E-state index contributed by atoms with van der Waals surface area (Å²) >= 11 is 0. The molecule has 0 bridgehead atoms. The molecule has 0 radical (unpaired) electrons. The lowest BCUT2D eigenvalue weighted by molar-refractivity contribution is -0.134. The molecule has 5 nitrogen and oxygen atoms in total. The summed E-state index contributed by atoms with van der Waals surface area (Å²) in [5.41, 5.74) is 3.74. The summed E-state index contributed by atoms with van der Waals surface area (Å²) in [5.74, 6) is 0.517. The number of allylic oxidation sites excluding steroid dienone is 3. The minimum Gasteiger partial charge on any atom is -0.307 e. The number of carbonyl (C=O) groups excluding carboxylic acids is 1. The molecule has 3 heterocycles. The summed E-state index contributed by atoms with van der Waals surface area (Å²) in [6.07, 6.45) is 12.3. The Balaban J connectivity index is 1.42. The van der Waals surface area contributed by atoms with Gasteiger partial charge in [-0.1, -0.05) is 37.6 Å². The van der Waals surface area contributed by atoms with Gasteiger partial charge in [-0.2, -0.15) is 5.10 Å². The second-order valence-electron chi connectivity index (χ2n) is 10.3. The zero-order chi connectivity index (χ0) is 24.0. The van der Waals surface area contributed by atoms with Crippen LogP contribution in [-0.4, -0.2) is 44.6 Å². The van der Waals surface area contributed by atoms with Crippen LogP contribution < -0.4 is 0 Å². The van der Waals surface area contributed by atoms with Gasteiger partial charge in [0.15, 0.2) is 0 Å². The third kappa shape index (κ3) is 3.63. The first-order valence-corrected chi connectivity index (χ1v) is 12.5. The number of benzene rings is 1. The molecule has 1 aliphatic carbocycles. The second kappa shape index (κ2) is 8.81. The number of aromatic nitrogens is 2. The number of nitrogens with zero attached hydrogens (tertiary/aromatic N) is 4. The fourth-order valence-corrected chi connectivity index (χ4v) is 6.55. The Morgan fingerprint density at radius 2 is 2.03 bits per heavy atom. The maximum Gasteiger partial charge on any atom is 0.239 e. The van der Waals surface area contributed by atoms with E-state index in [1.807, 2.05) is 44.1 Å². The van der Waals surface area contributed by atoms with Crippen molar-refractivity contribution in [3.63, 3.8) is 0 Å². The van der Waals surface area contributed by atoms with Crippen LogP contribution in [0.4, 0.5) is 4.39 Å². The molecule has 1 amide bonds. The highest BCUT2D eigenvalue weighted by atomic mass is 19.1. The van der Waals surface area contributed by atoms with Gasteiger partial charge in [0, 0.05) is 42.7 Å². The fraction of sp³-hybridized carbons (Fsp3) is 0.500. The van der Waals surface area contributed by atoms with Gasteiger partial charge in [-0.25, -0.2) is 4.39 Å². The van der Waals surface area contributed by atoms with Crippen LogP contribution in [0.5, 0.6) is 0 Å².